The van der Waals surface area contributed by atoms with Gasteiger partial charge in [-0.2, -0.15) is 0 Å². The van der Waals surface area contributed by atoms with Crippen LogP contribution in [0.2, 0.25) is 0 Å². The van der Waals surface area contributed by atoms with Crippen LogP contribution in [0.5, 0.6) is 0 Å². The molecule has 5 N–H and O–H groups in total. The van der Waals surface area contributed by atoms with Gasteiger partial charge in [0.15, 0.2) is 5.82 Å². The molecule has 3 aromatic rings. The van der Waals surface area contributed by atoms with Crippen LogP contribution in [0.4, 0.5) is 11.5 Å². The molecule has 0 atom stereocenters. The fraction of sp³-hybridized carbons (Fsp3) is 0.208. The van der Waals surface area contributed by atoms with E-state index in [-0.39, 0.29) is 29.8 Å². The number of nitrogens with one attached hydrogen (secondary N) is 1. The molecule has 1 aromatic heterocycles. The number of hydrogen-bond donors (Lipinski definition) is 3. The Morgan fingerprint density at radius 2 is 1.88 bits per heavy atom. The zero-order valence-corrected chi connectivity index (χ0v) is 18.2. The third-order valence-corrected chi connectivity index (χ3v) is 5.35. The number of carbonyl (C=O) groups is 3. The lowest BCUT2D eigenvalue weighted by molar-refractivity contribution is -0.116. The predicted molar refractivity (Wildman–Crippen MR) is 124 cm³/mol. The maximum Gasteiger partial charge on any atom is 0.267 e. The van der Waals surface area contributed by atoms with Gasteiger partial charge in [-0.3, -0.25) is 19.3 Å². The normalized spacial score (nSPS) is 12.5. The number of rotatable bonds is 7. The van der Waals surface area contributed by atoms with E-state index in [0.717, 1.165) is 5.56 Å². The first-order valence-corrected chi connectivity index (χ1v) is 10.6. The Morgan fingerprint density at radius 3 is 2.58 bits per heavy atom. The van der Waals surface area contributed by atoms with Gasteiger partial charge in [-0.05, 0) is 38.1 Å². The van der Waals surface area contributed by atoms with Gasteiger partial charge >= 0.3 is 0 Å². The molecule has 1 aliphatic heterocycles. The molecule has 2 heterocycles. The Bertz CT molecular complexity index is 1240. The summed E-state index contributed by atoms with van der Waals surface area (Å²) in [5.41, 5.74) is 14.1. The largest absolute Gasteiger partial charge is 0.364 e. The molecule has 0 radical (unpaired) electrons. The van der Waals surface area contributed by atoms with Crippen molar-refractivity contribution in [1.82, 2.24) is 15.3 Å². The Morgan fingerprint density at radius 1 is 1.12 bits per heavy atom. The summed E-state index contributed by atoms with van der Waals surface area (Å²) in [5.74, 6) is -0.704. The van der Waals surface area contributed by atoms with Crippen LogP contribution in [0.15, 0.2) is 48.5 Å². The summed E-state index contributed by atoms with van der Waals surface area (Å²) in [4.78, 5) is 48.0. The lowest BCUT2D eigenvalue weighted by atomic mass is 10.1. The molecular weight excluding hydrogens is 420 g/mol. The van der Waals surface area contributed by atoms with Crippen LogP contribution in [-0.4, -0.2) is 40.8 Å². The van der Waals surface area contributed by atoms with E-state index in [1.54, 1.807) is 24.3 Å². The molecule has 0 spiro atoms. The predicted octanol–water partition coefficient (Wildman–Crippen LogP) is 1.85. The van der Waals surface area contributed by atoms with Crippen molar-refractivity contribution in [3.8, 4) is 11.4 Å². The number of nitrogens with zero attached hydrogens (tertiary/aromatic N) is 3. The second-order valence-corrected chi connectivity index (χ2v) is 7.78. The van der Waals surface area contributed by atoms with Crippen molar-refractivity contribution in [2.24, 2.45) is 11.5 Å². The minimum absolute atomic E-state index is 0.0158. The lowest BCUT2D eigenvalue weighted by Gasteiger charge is -2.18. The van der Waals surface area contributed by atoms with E-state index in [9.17, 15) is 14.4 Å². The molecule has 2 aromatic carbocycles. The number of aromatic nitrogens is 2. The van der Waals surface area contributed by atoms with Crippen LogP contribution >= 0.6 is 0 Å². The van der Waals surface area contributed by atoms with Gasteiger partial charge in [-0.1, -0.05) is 35.9 Å². The van der Waals surface area contributed by atoms with Crippen LogP contribution in [0, 0.1) is 6.92 Å². The van der Waals surface area contributed by atoms with Crippen LogP contribution < -0.4 is 21.7 Å². The fourth-order valence-electron chi connectivity index (χ4n) is 3.66. The summed E-state index contributed by atoms with van der Waals surface area (Å²) in [5, 5.41) is 2.80. The van der Waals surface area contributed by atoms with Gasteiger partial charge in [-0.25, -0.2) is 9.97 Å². The topological polar surface area (TPSA) is 144 Å². The van der Waals surface area contributed by atoms with Crippen molar-refractivity contribution in [2.45, 2.75) is 19.8 Å². The minimum Gasteiger partial charge on any atom is -0.364 e. The number of primary amides is 1. The van der Waals surface area contributed by atoms with E-state index in [1.807, 2.05) is 31.2 Å². The van der Waals surface area contributed by atoms with Gasteiger partial charge < -0.3 is 16.8 Å². The summed E-state index contributed by atoms with van der Waals surface area (Å²) in [6.45, 7) is 2.90. The molecule has 0 fully saturated rings. The molecule has 0 saturated heterocycles. The Hall–Kier alpha value is -4.11. The summed E-state index contributed by atoms with van der Waals surface area (Å²) in [6.07, 6.45) is 0.604. The zero-order chi connectivity index (χ0) is 23.5. The van der Waals surface area contributed by atoms with E-state index in [2.05, 4.69) is 15.3 Å². The molecule has 1 aliphatic rings. The van der Waals surface area contributed by atoms with E-state index < -0.39 is 5.91 Å². The Labute approximate surface area is 190 Å². The second kappa shape index (κ2) is 9.17. The molecule has 3 amide bonds. The molecule has 168 valence electrons. The average molecular weight is 444 g/mol. The van der Waals surface area contributed by atoms with Crippen molar-refractivity contribution in [2.75, 3.05) is 18.0 Å². The first kappa shape index (κ1) is 22.1. The van der Waals surface area contributed by atoms with Gasteiger partial charge in [0.05, 0.1) is 12.1 Å². The standard InChI is InChI=1S/C24H24N6O3/c1-14-6-8-15(9-7-14)22-28-20(21(26)32)18-13-19(31)30(23(18)29-22)17-5-2-4-16(12-17)24(33)27-11-3-10-25/h2,4-9,12H,3,10-11,13,25H2,1H3,(H2,26,32)(H,27,33). The number of fused-ring (bicyclic) bond motifs is 1. The van der Waals surface area contributed by atoms with E-state index >= 15 is 0 Å². The van der Waals surface area contributed by atoms with Gasteiger partial charge in [0.1, 0.15) is 11.5 Å². The van der Waals surface area contributed by atoms with Gasteiger partial charge in [0.25, 0.3) is 11.8 Å². The number of anilines is 2. The molecule has 4 rings (SSSR count). The quantitative estimate of drug-likeness (QED) is 0.474. The molecule has 9 nitrogen and oxygen atoms in total. The van der Waals surface area contributed by atoms with E-state index in [1.165, 1.54) is 4.90 Å². The zero-order valence-electron chi connectivity index (χ0n) is 18.2. The monoisotopic (exact) mass is 444 g/mol. The van der Waals surface area contributed by atoms with Crippen molar-refractivity contribution in [1.29, 1.82) is 0 Å². The maximum absolute atomic E-state index is 13.0. The first-order valence-electron chi connectivity index (χ1n) is 10.6. The highest BCUT2D eigenvalue weighted by Crippen LogP contribution is 2.37. The van der Waals surface area contributed by atoms with Gasteiger partial charge in [-0.15, -0.1) is 0 Å². The summed E-state index contributed by atoms with van der Waals surface area (Å²) >= 11 is 0. The summed E-state index contributed by atoms with van der Waals surface area (Å²) < 4.78 is 0. The van der Waals surface area contributed by atoms with E-state index in [0.29, 0.717) is 47.7 Å². The van der Waals surface area contributed by atoms with Crippen molar-refractivity contribution < 1.29 is 14.4 Å². The minimum atomic E-state index is -0.732. The molecule has 0 bridgehead atoms. The highest BCUT2D eigenvalue weighted by atomic mass is 16.2. The Balaban J connectivity index is 1.77. The second-order valence-electron chi connectivity index (χ2n) is 7.78. The van der Waals surface area contributed by atoms with E-state index in [4.69, 9.17) is 11.5 Å². The fourth-order valence-corrected chi connectivity index (χ4v) is 3.66. The first-order chi connectivity index (χ1) is 15.9. The number of hydrogen-bond acceptors (Lipinski definition) is 6. The van der Waals surface area contributed by atoms with Crippen molar-refractivity contribution >= 4 is 29.2 Å². The number of benzene rings is 2. The van der Waals surface area contributed by atoms with Crippen LogP contribution in [0.3, 0.4) is 0 Å². The summed E-state index contributed by atoms with van der Waals surface area (Å²) in [6, 6.07) is 14.2. The third kappa shape index (κ3) is 4.44. The molecule has 0 saturated carbocycles. The SMILES string of the molecule is Cc1ccc(-c2nc(C(N)=O)c3c(n2)N(c2cccc(C(=O)NCCCN)c2)C(=O)C3)cc1. The molecule has 0 aliphatic carbocycles. The molecule has 0 unspecified atom stereocenters. The smallest absolute Gasteiger partial charge is 0.267 e. The Kier molecular flexibility index (Phi) is 6.14. The van der Waals surface area contributed by atoms with Crippen LogP contribution in [-0.2, 0) is 11.2 Å². The number of nitrogens with two attached hydrogens (primary N) is 2. The molecule has 33 heavy (non-hydrogen) atoms. The number of amides is 3. The van der Waals surface area contributed by atoms with Crippen LogP contribution in [0.25, 0.3) is 11.4 Å². The highest BCUT2D eigenvalue weighted by molar-refractivity contribution is 6.10. The number of aryl methyl sites for hydroxylation is 1. The van der Waals surface area contributed by atoms with Crippen LogP contribution in [0.1, 0.15) is 38.4 Å². The van der Waals surface area contributed by atoms with Gasteiger partial charge in [0.2, 0.25) is 5.91 Å². The average Bonchev–Trinajstić information content (AvgIpc) is 3.14. The molecule has 9 heteroatoms. The number of carbonyl (C=O) groups excluding carboxylic acids is 3. The maximum atomic E-state index is 13.0. The van der Waals surface area contributed by atoms with Crippen molar-refractivity contribution in [3.63, 3.8) is 0 Å². The lowest BCUT2D eigenvalue weighted by Crippen LogP contribution is -2.26. The third-order valence-electron chi connectivity index (χ3n) is 5.35. The van der Waals surface area contributed by atoms with Crippen molar-refractivity contribution in [3.05, 3.63) is 70.9 Å². The highest BCUT2D eigenvalue weighted by Gasteiger charge is 2.35. The summed E-state index contributed by atoms with van der Waals surface area (Å²) in [7, 11) is 0. The molecular formula is C24H24N6O3. The van der Waals surface area contributed by atoms with Gasteiger partial charge in [0, 0.05) is 23.2 Å².